The van der Waals surface area contributed by atoms with E-state index >= 15 is 0 Å². The summed E-state index contributed by atoms with van der Waals surface area (Å²) in [6, 6.07) is 0. The quantitative estimate of drug-likeness (QED) is 0.825. The molecule has 16 heavy (non-hydrogen) atoms. The van der Waals surface area contributed by atoms with Gasteiger partial charge in [0, 0.05) is 5.92 Å². The van der Waals surface area contributed by atoms with Gasteiger partial charge in [0.2, 0.25) is 5.89 Å². The van der Waals surface area contributed by atoms with Gasteiger partial charge in [-0.2, -0.15) is 4.98 Å². The number of aromatic nitrogens is 2. The molecule has 0 saturated heterocycles. The van der Waals surface area contributed by atoms with Gasteiger partial charge < -0.3 is 10.3 Å². The van der Waals surface area contributed by atoms with Crippen LogP contribution in [-0.4, -0.2) is 10.1 Å². The topological polar surface area (TPSA) is 64.9 Å². The molecule has 4 rings (SSSR count). The number of nitrogens with two attached hydrogens (primary N) is 1. The molecule has 3 atom stereocenters. The first-order valence-corrected chi connectivity index (χ1v) is 6.37. The average Bonchev–Trinajstić information content (AvgIpc) is 2.83. The Morgan fingerprint density at radius 3 is 2.75 bits per heavy atom. The first kappa shape index (κ1) is 9.16. The predicted molar refractivity (Wildman–Crippen MR) is 57.6 cm³/mol. The second-order valence-electron chi connectivity index (χ2n) is 5.90. The highest BCUT2D eigenvalue weighted by atomic mass is 16.5. The van der Waals surface area contributed by atoms with Crippen molar-refractivity contribution >= 4 is 0 Å². The minimum atomic E-state index is -0.275. The van der Waals surface area contributed by atoms with E-state index in [0.29, 0.717) is 11.8 Å². The molecule has 1 aromatic rings. The van der Waals surface area contributed by atoms with E-state index in [9.17, 15) is 0 Å². The Hall–Kier alpha value is -0.900. The third-order valence-electron chi connectivity index (χ3n) is 4.73. The Morgan fingerprint density at radius 1 is 1.25 bits per heavy atom. The van der Waals surface area contributed by atoms with Gasteiger partial charge in [0.15, 0.2) is 5.82 Å². The van der Waals surface area contributed by atoms with Crippen molar-refractivity contribution in [3.63, 3.8) is 0 Å². The second-order valence-corrected chi connectivity index (χ2v) is 5.90. The van der Waals surface area contributed by atoms with Gasteiger partial charge in [-0.1, -0.05) is 11.6 Å². The van der Waals surface area contributed by atoms with Crippen LogP contribution in [-0.2, 0) is 5.54 Å². The highest BCUT2D eigenvalue weighted by molar-refractivity contribution is 5.14. The molecule has 0 spiro atoms. The van der Waals surface area contributed by atoms with Crippen LogP contribution in [0.1, 0.15) is 56.2 Å². The number of rotatable bonds is 2. The standard InChI is InChI=1S/C12H17N3O/c13-12(3-4-12)11-14-10(15-16-11)9-6-7-1-2-8(9)5-7/h7-9H,1-6,13H2. The van der Waals surface area contributed by atoms with E-state index in [1.54, 1.807) is 0 Å². The summed E-state index contributed by atoms with van der Waals surface area (Å²) in [5.41, 5.74) is 5.78. The van der Waals surface area contributed by atoms with Crippen molar-refractivity contribution in [1.82, 2.24) is 10.1 Å². The Kier molecular flexibility index (Phi) is 1.64. The number of nitrogens with zero attached hydrogens (tertiary/aromatic N) is 2. The third kappa shape index (κ3) is 1.19. The van der Waals surface area contributed by atoms with Crippen molar-refractivity contribution in [1.29, 1.82) is 0 Å². The Bertz CT molecular complexity index is 424. The van der Waals surface area contributed by atoms with E-state index < -0.39 is 0 Å². The summed E-state index contributed by atoms with van der Waals surface area (Å²) in [5, 5.41) is 4.16. The molecule has 3 fully saturated rings. The van der Waals surface area contributed by atoms with Crippen molar-refractivity contribution in [3.05, 3.63) is 11.7 Å². The second kappa shape index (κ2) is 2.86. The molecule has 4 nitrogen and oxygen atoms in total. The summed E-state index contributed by atoms with van der Waals surface area (Å²) < 4.78 is 5.33. The van der Waals surface area contributed by atoms with Gasteiger partial charge in [-0.15, -0.1) is 0 Å². The molecule has 86 valence electrons. The lowest BCUT2D eigenvalue weighted by Crippen LogP contribution is -2.19. The zero-order chi connectivity index (χ0) is 10.8. The molecular weight excluding hydrogens is 202 g/mol. The van der Waals surface area contributed by atoms with E-state index in [1.165, 1.54) is 25.7 Å². The van der Waals surface area contributed by atoms with Crippen LogP contribution in [0.25, 0.3) is 0 Å². The molecule has 3 aliphatic carbocycles. The summed E-state index contributed by atoms with van der Waals surface area (Å²) in [5.74, 6) is 3.89. The maximum atomic E-state index is 6.06. The first-order chi connectivity index (χ1) is 7.74. The minimum Gasteiger partial charge on any atom is -0.337 e. The van der Waals surface area contributed by atoms with Crippen molar-refractivity contribution in [2.75, 3.05) is 0 Å². The van der Waals surface area contributed by atoms with Crippen LogP contribution in [0.15, 0.2) is 4.52 Å². The largest absolute Gasteiger partial charge is 0.337 e. The molecule has 3 unspecified atom stereocenters. The van der Waals surface area contributed by atoms with Crippen LogP contribution >= 0.6 is 0 Å². The van der Waals surface area contributed by atoms with Crippen LogP contribution in [0, 0.1) is 11.8 Å². The van der Waals surface area contributed by atoms with Gasteiger partial charge in [0.1, 0.15) is 0 Å². The van der Waals surface area contributed by atoms with Crippen LogP contribution in [0.5, 0.6) is 0 Å². The SMILES string of the molecule is NC1(c2nc(C3CC4CCC3C4)no2)CC1. The predicted octanol–water partition coefficient (Wildman–Crippen LogP) is 1.92. The summed E-state index contributed by atoms with van der Waals surface area (Å²) >= 11 is 0. The maximum absolute atomic E-state index is 6.06. The van der Waals surface area contributed by atoms with E-state index in [0.717, 1.165) is 30.5 Å². The monoisotopic (exact) mass is 219 g/mol. The summed E-state index contributed by atoms with van der Waals surface area (Å²) in [7, 11) is 0. The molecule has 1 aromatic heterocycles. The zero-order valence-corrected chi connectivity index (χ0v) is 9.35. The van der Waals surface area contributed by atoms with Gasteiger partial charge in [-0.05, 0) is 43.9 Å². The van der Waals surface area contributed by atoms with Gasteiger partial charge in [0.05, 0.1) is 5.54 Å². The molecule has 2 N–H and O–H groups in total. The molecule has 1 heterocycles. The molecule has 2 bridgehead atoms. The summed E-state index contributed by atoms with van der Waals surface area (Å²) in [6.45, 7) is 0. The van der Waals surface area contributed by atoms with Crippen molar-refractivity contribution in [2.24, 2.45) is 17.6 Å². The molecule has 0 aromatic carbocycles. The highest BCUT2D eigenvalue weighted by Crippen LogP contribution is 2.52. The number of hydrogen-bond acceptors (Lipinski definition) is 4. The number of hydrogen-bond donors (Lipinski definition) is 1. The van der Waals surface area contributed by atoms with E-state index in [2.05, 4.69) is 10.1 Å². The Balaban J connectivity index is 1.61. The van der Waals surface area contributed by atoms with Crippen molar-refractivity contribution in [3.8, 4) is 0 Å². The van der Waals surface area contributed by atoms with Gasteiger partial charge in [-0.3, -0.25) is 0 Å². The molecule has 0 aliphatic heterocycles. The summed E-state index contributed by atoms with van der Waals surface area (Å²) in [6.07, 6.45) is 7.39. The minimum absolute atomic E-state index is 0.275. The fourth-order valence-electron chi connectivity index (χ4n) is 3.50. The van der Waals surface area contributed by atoms with Gasteiger partial charge >= 0.3 is 0 Å². The van der Waals surface area contributed by atoms with E-state index in [4.69, 9.17) is 10.3 Å². The fourth-order valence-corrected chi connectivity index (χ4v) is 3.50. The lowest BCUT2D eigenvalue weighted by atomic mass is 9.88. The average molecular weight is 219 g/mol. The molecular formula is C12H17N3O. The Morgan fingerprint density at radius 2 is 2.12 bits per heavy atom. The van der Waals surface area contributed by atoms with Gasteiger partial charge in [-0.25, -0.2) is 0 Å². The molecule has 3 saturated carbocycles. The van der Waals surface area contributed by atoms with Crippen LogP contribution < -0.4 is 5.73 Å². The van der Waals surface area contributed by atoms with Crippen LogP contribution in [0.2, 0.25) is 0 Å². The lowest BCUT2D eigenvalue weighted by molar-refractivity contribution is 0.332. The Labute approximate surface area is 94.6 Å². The maximum Gasteiger partial charge on any atom is 0.246 e. The van der Waals surface area contributed by atoms with E-state index in [1.807, 2.05) is 0 Å². The lowest BCUT2D eigenvalue weighted by Gasteiger charge is -2.17. The highest BCUT2D eigenvalue weighted by Gasteiger charge is 2.47. The van der Waals surface area contributed by atoms with Gasteiger partial charge in [0.25, 0.3) is 0 Å². The van der Waals surface area contributed by atoms with E-state index in [-0.39, 0.29) is 5.54 Å². The van der Waals surface area contributed by atoms with Crippen molar-refractivity contribution in [2.45, 2.75) is 50.0 Å². The smallest absolute Gasteiger partial charge is 0.246 e. The molecule has 0 amide bonds. The third-order valence-corrected chi connectivity index (χ3v) is 4.73. The fraction of sp³-hybridized carbons (Fsp3) is 0.833. The molecule has 4 heteroatoms. The molecule has 0 radical (unpaired) electrons. The van der Waals surface area contributed by atoms with Crippen molar-refractivity contribution < 1.29 is 4.52 Å². The first-order valence-electron chi connectivity index (χ1n) is 6.37. The zero-order valence-electron chi connectivity index (χ0n) is 9.35. The molecule has 3 aliphatic rings. The van der Waals surface area contributed by atoms with Crippen LogP contribution in [0.3, 0.4) is 0 Å². The number of fused-ring (bicyclic) bond motifs is 2. The normalized spacial score (nSPS) is 39.2. The summed E-state index contributed by atoms with van der Waals surface area (Å²) in [4.78, 5) is 4.54. The van der Waals surface area contributed by atoms with Crippen LogP contribution in [0.4, 0.5) is 0 Å².